The van der Waals surface area contributed by atoms with E-state index in [0.29, 0.717) is 35.3 Å². The van der Waals surface area contributed by atoms with E-state index in [-0.39, 0.29) is 21.9 Å². The Morgan fingerprint density at radius 1 is 1.14 bits per heavy atom. The Morgan fingerprint density at radius 3 is 2.47 bits per heavy atom. The summed E-state index contributed by atoms with van der Waals surface area (Å²) in [4.78, 5) is 21.2. The Labute approximate surface area is 215 Å². The van der Waals surface area contributed by atoms with Crippen molar-refractivity contribution in [1.29, 1.82) is 0 Å². The third kappa shape index (κ3) is 5.45. The normalized spacial score (nSPS) is 17.6. The van der Waals surface area contributed by atoms with Crippen LogP contribution < -0.4 is 15.5 Å². The molecule has 1 amide bonds. The predicted octanol–water partition coefficient (Wildman–Crippen LogP) is 4.84. The minimum Gasteiger partial charge on any atom is -0.507 e. The molecule has 0 bridgehead atoms. The summed E-state index contributed by atoms with van der Waals surface area (Å²) < 4.78 is 14.8. The zero-order valence-electron chi connectivity index (χ0n) is 20.4. The zero-order valence-corrected chi connectivity index (χ0v) is 21.2. The number of pyridine rings is 1. The molecule has 1 fully saturated rings. The van der Waals surface area contributed by atoms with E-state index in [1.165, 1.54) is 17.0 Å². The summed E-state index contributed by atoms with van der Waals surface area (Å²) in [7, 11) is 3.67. The predicted molar refractivity (Wildman–Crippen MR) is 143 cm³/mol. The molecule has 7 nitrogen and oxygen atoms in total. The van der Waals surface area contributed by atoms with Gasteiger partial charge in [0.15, 0.2) is 0 Å². The van der Waals surface area contributed by atoms with Gasteiger partial charge in [-0.2, -0.15) is 0 Å². The summed E-state index contributed by atoms with van der Waals surface area (Å²) in [5, 5.41) is 11.4. The van der Waals surface area contributed by atoms with Gasteiger partial charge in [0, 0.05) is 68.0 Å². The fourth-order valence-electron chi connectivity index (χ4n) is 4.25. The first-order chi connectivity index (χ1) is 17.1. The molecule has 4 rings (SSSR count). The van der Waals surface area contributed by atoms with Gasteiger partial charge in [0.05, 0.1) is 22.6 Å². The molecule has 1 aliphatic rings. The molecule has 0 saturated carbocycles. The zero-order chi connectivity index (χ0) is 26.0. The van der Waals surface area contributed by atoms with Crippen LogP contribution in [-0.4, -0.2) is 54.1 Å². The van der Waals surface area contributed by atoms with Gasteiger partial charge >= 0.3 is 0 Å². The number of carbonyl (C=O) groups excluding carboxylic acids is 1. The van der Waals surface area contributed by atoms with Gasteiger partial charge < -0.3 is 20.6 Å². The van der Waals surface area contributed by atoms with Crippen molar-refractivity contribution in [3.63, 3.8) is 0 Å². The highest BCUT2D eigenvalue weighted by atomic mass is 35.5. The Kier molecular flexibility index (Phi) is 7.19. The molecule has 3 N–H and O–H groups in total. The monoisotopic (exact) mass is 509 g/mol. The number of benzene rings is 2. The molecule has 1 aromatic heterocycles. The standard InChI is InChI=1S/C27H29ClFN5O2/c1-27(30)6-7-33(16-27)21-10-19(14-31-15-21)23-13-20(29)12-22(26(23)36)18-4-5-25(24(28)11-18)34(17-35)9-8-32(2)3/h4-5,8-15,17,36H,6-7,16,30H2,1-3H3/b9-8-. The lowest BCUT2D eigenvalue weighted by atomic mass is 9.97. The molecule has 1 saturated heterocycles. The summed E-state index contributed by atoms with van der Waals surface area (Å²) in [6.07, 6.45) is 8.13. The molecule has 2 aromatic carbocycles. The van der Waals surface area contributed by atoms with Crippen LogP contribution in [0.4, 0.5) is 15.8 Å². The lowest BCUT2D eigenvalue weighted by molar-refractivity contribution is -0.106. The van der Waals surface area contributed by atoms with Crippen LogP contribution in [0.25, 0.3) is 22.3 Å². The maximum absolute atomic E-state index is 14.8. The number of hydrogen-bond acceptors (Lipinski definition) is 6. The third-order valence-corrected chi connectivity index (χ3v) is 6.46. The van der Waals surface area contributed by atoms with E-state index in [9.17, 15) is 14.3 Å². The number of carbonyl (C=O) groups is 1. The molecule has 0 spiro atoms. The van der Waals surface area contributed by atoms with Crippen molar-refractivity contribution in [2.24, 2.45) is 5.73 Å². The summed E-state index contributed by atoms with van der Waals surface area (Å²) >= 11 is 6.48. The van der Waals surface area contributed by atoms with Crippen molar-refractivity contribution in [3.8, 4) is 28.0 Å². The minimum atomic E-state index is -0.512. The van der Waals surface area contributed by atoms with E-state index < -0.39 is 5.82 Å². The Balaban J connectivity index is 1.71. The number of phenols is 1. The molecular weight excluding hydrogens is 481 g/mol. The highest BCUT2D eigenvalue weighted by Gasteiger charge is 2.30. The van der Waals surface area contributed by atoms with Crippen molar-refractivity contribution >= 4 is 29.4 Å². The van der Waals surface area contributed by atoms with Crippen molar-refractivity contribution in [2.75, 3.05) is 37.0 Å². The number of amides is 1. The Hall–Kier alpha value is -3.62. The van der Waals surface area contributed by atoms with Crippen LogP contribution in [0, 0.1) is 5.82 Å². The maximum Gasteiger partial charge on any atom is 0.218 e. The van der Waals surface area contributed by atoms with Gasteiger partial charge in [0.2, 0.25) is 6.41 Å². The number of halogens is 2. The number of rotatable bonds is 7. The van der Waals surface area contributed by atoms with E-state index in [4.69, 9.17) is 17.3 Å². The van der Waals surface area contributed by atoms with E-state index >= 15 is 0 Å². The lowest BCUT2D eigenvalue weighted by Crippen LogP contribution is -2.39. The number of nitrogens with two attached hydrogens (primary N) is 1. The first-order valence-electron chi connectivity index (χ1n) is 11.5. The van der Waals surface area contributed by atoms with Gasteiger partial charge in [-0.15, -0.1) is 0 Å². The molecule has 188 valence electrons. The van der Waals surface area contributed by atoms with Gasteiger partial charge in [0.25, 0.3) is 0 Å². The van der Waals surface area contributed by atoms with Crippen LogP contribution in [-0.2, 0) is 4.79 Å². The largest absolute Gasteiger partial charge is 0.507 e. The smallest absolute Gasteiger partial charge is 0.218 e. The molecule has 9 heteroatoms. The summed E-state index contributed by atoms with van der Waals surface area (Å²) in [5.41, 5.74) is 9.00. The van der Waals surface area contributed by atoms with E-state index in [1.54, 1.807) is 47.9 Å². The molecular formula is C27H29ClFN5O2. The van der Waals surface area contributed by atoms with Crippen LogP contribution in [0.15, 0.2) is 61.2 Å². The van der Waals surface area contributed by atoms with Crippen molar-refractivity contribution in [3.05, 3.63) is 72.0 Å². The van der Waals surface area contributed by atoms with Gasteiger partial charge in [-0.05, 0) is 49.2 Å². The van der Waals surface area contributed by atoms with Crippen LogP contribution in [0.5, 0.6) is 5.75 Å². The third-order valence-electron chi connectivity index (χ3n) is 6.16. The summed E-state index contributed by atoms with van der Waals surface area (Å²) in [5.74, 6) is -0.605. The highest BCUT2D eigenvalue weighted by molar-refractivity contribution is 6.34. The number of aromatic hydroxyl groups is 1. The van der Waals surface area contributed by atoms with Crippen molar-refractivity contribution < 1.29 is 14.3 Å². The molecule has 1 atom stereocenters. The summed E-state index contributed by atoms with van der Waals surface area (Å²) in [6, 6.07) is 9.34. The first kappa shape index (κ1) is 25.5. The maximum atomic E-state index is 14.8. The van der Waals surface area contributed by atoms with Gasteiger partial charge in [-0.1, -0.05) is 17.7 Å². The Morgan fingerprint density at radius 2 is 1.86 bits per heavy atom. The Bertz CT molecular complexity index is 1310. The average molecular weight is 510 g/mol. The van der Waals surface area contributed by atoms with Crippen LogP contribution in [0.1, 0.15) is 13.3 Å². The number of phenolic OH excluding ortho intramolecular Hbond substituents is 1. The van der Waals surface area contributed by atoms with Gasteiger partial charge in [0.1, 0.15) is 11.6 Å². The van der Waals surface area contributed by atoms with Crippen molar-refractivity contribution in [2.45, 2.75) is 18.9 Å². The molecule has 1 unspecified atom stereocenters. The quantitative estimate of drug-likeness (QED) is 0.443. The number of anilines is 2. The number of nitrogens with zero attached hydrogens (tertiary/aromatic N) is 4. The second-order valence-corrected chi connectivity index (χ2v) is 9.95. The summed E-state index contributed by atoms with van der Waals surface area (Å²) in [6.45, 7) is 3.49. The lowest BCUT2D eigenvalue weighted by Gasteiger charge is -2.22. The second kappa shape index (κ2) is 10.2. The van der Waals surface area contributed by atoms with Crippen molar-refractivity contribution in [1.82, 2.24) is 9.88 Å². The SMILES string of the molecule is CN(C)/C=C\N(C=O)c1ccc(-c2cc(F)cc(-c3cncc(N4CCC(C)(N)C4)c3)c2O)cc1Cl. The van der Waals surface area contributed by atoms with E-state index in [1.807, 2.05) is 27.1 Å². The number of aromatic nitrogens is 1. The second-order valence-electron chi connectivity index (χ2n) is 9.55. The highest BCUT2D eigenvalue weighted by Crippen LogP contribution is 2.41. The molecule has 2 heterocycles. The molecule has 3 aromatic rings. The molecule has 1 aliphatic heterocycles. The van der Waals surface area contributed by atoms with Crippen LogP contribution >= 0.6 is 11.6 Å². The fourth-order valence-corrected chi connectivity index (χ4v) is 4.53. The van der Waals surface area contributed by atoms with Crippen LogP contribution in [0.2, 0.25) is 5.02 Å². The molecule has 36 heavy (non-hydrogen) atoms. The fraction of sp³-hybridized carbons (Fsp3) is 0.259. The van der Waals surface area contributed by atoms with E-state index in [2.05, 4.69) is 9.88 Å². The number of hydrogen-bond donors (Lipinski definition) is 2. The van der Waals surface area contributed by atoms with E-state index in [0.717, 1.165) is 18.7 Å². The minimum absolute atomic E-state index is 0.0935. The van der Waals surface area contributed by atoms with Crippen LogP contribution in [0.3, 0.4) is 0 Å². The molecule has 0 radical (unpaired) electrons. The average Bonchev–Trinajstić information content (AvgIpc) is 3.21. The molecule has 0 aliphatic carbocycles. The van der Waals surface area contributed by atoms with Gasteiger partial charge in [-0.25, -0.2) is 4.39 Å². The first-order valence-corrected chi connectivity index (χ1v) is 11.9. The topological polar surface area (TPSA) is 85.9 Å². The van der Waals surface area contributed by atoms with Gasteiger partial charge in [-0.3, -0.25) is 14.7 Å².